The van der Waals surface area contributed by atoms with E-state index in [1.54, 1.807) is 13.2 Å². The molecule has 1 aromatic carbocycles. The summed E-state index contributed by atoms with van der Waals surface area (Å²) in [5.74, 6) is 0.619. The monoisotopic (exact) mass is 329 g/mol. The molecule has 0 amide bonds. The third-order valence-corrected chi connectivity index (χ3v) is 5.01. The summed E-state index contributed by atoms with van der Waals surface area (Å²) in [4.78, 5) is 0. The lowest BCUT2D eigenvalue weighted by molar-refractivity contribution is 0.219. The molecule has 2 rings (SSSR count). The van der Waals surface area contributed by atoms with E-state index in [-0.39, 0.29) is 17.3 Å². The molecule has 2 atom stereocenters. The third-order valence-electron chi connectivity index (χ3n) is 4.41. The smallest absolute Gasteiger partial charge is 0.141 e. The number of hydrogen-bond acceptors (Lipinski definition) is 2. The van der Waals surface area contributed by atoms with Crippen molar-refractivity contribution in [1.29, 1.82) is 0 Å². The molecule has 2 nitrogen and oxygen atoms in total. The number of rotatable bonds is 3. The van der Waals surface area contributed by atoms with Gasteiger partial charge in [-0.1, -0.05) is 20.3 Å². The quantitative estimate of drug-likeness (QED) is 0.890. The molecule has 0 aliphatic heterocycles. The molecule has 1 aromatic rings. The van der Waals surface area contributed by atoms with Gasteiger partial charge in [0, 0.05) is 17.7 Å². The second-order valence-corrected chi connectivity index (χ2v) is 6.88. The molecule has 1 aliphatic carbocycles. The number of benzene rings is 1. The molecule has 0 radical (unpaired) electrons. The number of hydrogen-bond donors (Lipinski definition) is 1. The van der Waals surface area contributed by atoms with Crippen molar-refractivity contribution in [3.63, 3.8) is 0 Å². The van der Waals surface area contributed by atoms with Gasteiger partial charge in [-0.05, 0) is 46.2 Å². The molecule has 0 bridgehead atoms. The lowest BCUT2D eigenvalue weighted by Crippen LogP contribution is -2.30. The fraction of sp³-hybridized carbons (Fsp3) is 0.600. The fourth-order valence-electron chi connectivity index (χ4n) is 3.22. The maximum absolute atomic E-state index is 13.6. The third kappa shape index (κ3) is 2.79. The molecule has 4 heteroatoms. The second-order valence-electron chi connectivity index (χ2n) is 6.02. The summed E-state index contributed by atoms with van der Waals surface area (Å²) in [5.41, 5.74) is 7.56. The zero-order valence-corrected chi connectivity index (χ0v) is 13.3. The van der Waals surface area contributed by atoms with Crippen LogP contribution in [-0.4, -0.2) is 7.11 Å². The van der Waals surface area contributed by atoms with E-state index in [2.05, 4.69) is 29.8 Å². The topological polar surface area (TPSA) is 35.2 Å². The van der Waals surface area contributed by atoms with Gasteiger partial charge in [0.25, 0.3) is 0 Å². The normalized spacial score (nSPS) is 23.4. The summed E-state index contributed by atoms with van der Waals surface area (Å²) in [6, 6.07) is 3.04. The van der Waals surface area contributed by atoms with E-state index in [0.717, 1.165) is 12.0 Å². The average molecular weight is 330 g/mol. The average Bonchev–Trinajstić information content (AvgIpc) is 2.71. The molecule has 2 N–H and O–H groups in total. The highest BCUT2D eigenvalue weighted by Crippen LogP contribution is 2.49. The first-order valence-electron chi connectivity index (χ1n) is 6.65. The molecular weight excluding hydrogens is 309 g/mol. The predicted molar refractivity (Wildman–Crippen MR) is 78.7 cm³/mol. The van der Waals surface area contributed by atoms with Gasteiger partial charge < -0.3 is 10.5 Å². The Morgan fingerprint density at radius 1 is 1.47 bits per heavy atom. The number of halogens is 2. The summed E-state index contributed by atoms with van der Waals surface area (Å²) in [7, 11) is 1.55. The minimum Gasteiger partial charge on any atom is -0.496 e. The van der Waals surface area contributed by atoms with E-state index in [9.17, 15) is 4.39 Å². The van der Waals surface area contributed by atoms with Crippen molar-refractivity contribution in [2.24, 2.45) is 17.1 Å². The number of nitrogens with two attached hydrogens (primary N) is 1. The van der Waals surface area contributed by atoms with Crippen LogP contribution >= 0.6 is 15.9 Å². The molecule has 1 aliphatic rings. The highest BCUT2D eigenvalue weighted by atomic mass is 79.9. The Morgan fingerprint density at radius 2 is 2.16 bits per heavy atom. The fourth-order valence-corrected chi connectivity index (χ4v) is 3.58. The maximum atomic E-state index is 13.6. The van der Waals surface area contributed by atoms with Crippen LogP contribution in [0.15, 0.2) is 16.6 Å². The van der Waals surface area contributed by atoms with Crippen LogP contribution in [0.1, 0.15) is 44.7 Å². The van der Waals surface area contributed by atoms with Gasteiger partial charge in [0.15, 0.2) is 0 Å². The molecular formula is C15H21BrFNO. The van der Waals surface area contributed by atoms with Gasteiger partial charge in [0.05, 0.1) is 11.6 Å². The van der Waals surface area contributed by atoms with Crippen molar-refractivity contribution in [1.82, 2.24) is 0 Å². The summed E-state index contributed by atoms with van der Waals surface area (Å²) in [6.45, 7) is 4.52. The first kappa shape index (κ1) is 14.8. The highest BCUT2D eigenvalue weighted by molar-refractivity contribution is 9.10. The van der Waals surface area contributed by atoms with Gasteiger partial charge in [0.2, 0.25) is 0 Å². The van der Waals surface area contributed by atoms with Crippen LogP contribution in [0.5, 0.6) is 5.75 Å². The van der Waals surface area contributed by atoms with Crippen molar-refractivity contribution in [3.05, 3.63) is 28.0 Å². The van der Waals surface area contributed by atoms with E-state index >= 15 is 0 Å². The minimum absolute atomic E-state index is 0.121. The van der Waals surface area contributed by atoms with Gasteiger partial charge in [0.1, 0.15) is 11.6 Å². The van der Waals surface area contributed by atoms with E-state index in [1.807, 2.05) is 0 Å². The van der Waals surface area contributed by atoms with Crippen LogP contribution in [-0.2, 0) is 0 Å². The molecule has 1 fully saturated rings. The Balaban J connectivity index is 2.38. The predicted octanol–water partition coefficient (Wildman–Crippen LogP) is 4.42. The molecule has 0 heterocycles. The minimum atomic E-state index is -0.321. The van der Waals surface area contributed by atoms with E-state index in [4.69, 9.17) is 10.5 Å². The van der Waals surface area contributed by atoms with Crippen LogP contribution in [0.25, 0.3) is 0 Å². The van der Waals surface area contributed by atoms with Gasteiger partial charge in [-0.2, -0.15) is 0 Å². The van der Waals surface area contributed by atoms with Crippen molar-refractivity contribution in [3.8, 4) is 5.75 Å². The lowest BCUT2D eigenvalue weighted by atomic mass is 9.75. The zero-order chi connectivity index (χ0) is 14.2. The molecule has 2 unspecified atom stereocenters. The lowest BCUT2D eigenvalue weighted by Gasteiger charge is -2.33. The maximum Gasteiger partial charge on any atom is 0.141 e. The van der Waals surface area contributed by atoms with Crippen LogP contribution < -0.4 is 10.5 Å². The summed E-state index contributed by atoms with van der Waals surface area (Å²) >= 11 is 3.23. The van der Waals surface area contributed by atoms with Crippen LogP contribution in [0.2, 0.25) is 0 Å². The standard InChI is InChI=1S/C15H21BrFNO/c1-15(2)6-4-5-10(15)14(18)9-7-11(16)12(17)8-13(9)19-3/h7-8,10,14H,4-6,18H2,1-3H3. The van der Waals surface area contributed by atoms with Crippen molar-refractivity contribution in [2.75, 3.05) is 7.11 Å². The first-order chi connectivity index (χ1) is 8.86. The Morgan fingerprint density at radius 3 is 2.68 bits per heavy atom. The summed E-state index contributed by atoms with van der Waals surface area (Å²) in [5, 5.41) is 0. The van der Waals surface area contributed by atoms with Gasteiger partial charge in [-0.15, -0.1) is 0 Å². The molecule has 0 spiro atoms. The Labute approximate surface area is 122 Å². The van der Waals surface area contributed by atoms with Gasteiger partial charge in [-0.25, -0.2) is 4.39 Å². The first-order valence-corrected chi connectivity index (χ1v) is 7.44. The Kier molecular flexibility index (Phi) is 4.21. The molecule has 106 valence electrons. The molecule has 1 saturated carbocycles. The zero-order valence-electron chi connectivity index (χ0n) is 11.7. The van der Waals surface area contributed by atoms with Crippen LogP contribution in [0, 0.1) is 17.2 Å². The van der Waals surface area contributed by atoms with E-state index < -0.39 is 0 Å². The van der Waals surface area contributed by atoms with Gasteiger partial charge in [-0.3, -0.25) is 0 Å². The molecule has 19 heavy (non-hydrogen) atoms. The Hall–Kier alpha value is -0.610. The summed E-state index contributed by atoms with van der Waals surface area (Å²) in [6.07, 6.45) is 3.51. The van der Waals surface area contributed by atoms with Crippen LogP contribution in [0.3, 0.4) is 0 Å². The van der Waals surface area contributed by atoms with Crippen molar-refractivity contribution < 1.29 is 9.13 Å². The molecule has 0 saturated heterocycles. The second kappa shape index (κ2) is 5.41. The highest BCUT2D eigenvalue weighted by Gasteiger charge is 2.39. The van der Waals surface area contributed by atoms with E-state index in [0.29, 0.717) is 16.1 Å². The summed E-state index contributed by atoms with van der Waals surface area (Å²) < 4.78 is 19.3. The van der Waals surface area contributed by atoms with E-state index in [1.165, 1.54) is 18.9 Å². The van der Waals surface area contributed by atoms with Gasteiger partial charge >= 0.3 is 0 Å². The van der Waals surface area contributed by atoms with Crippen LogP contribution in [0.4, 0.5) is 4.39 Å². The number of ether oxygens (including phenoxy) is 1. The SMILES string of the molecule is COc1cc(F)c(Br)cc1C(N)C1CCCC1(C)C. The van der Waals surface area contributed by atoms with Crippen molar-refractivity contribution in [2.45, 2.75) is 39.2 Å². The molecule has 0 aromatic heterocycles. The van der Waals surface area contributed by atoms with Crippen molar-refractivity contribution >= 4 is 15.9 Å². The number of methoxy groups -OCH3 is 1. The largest absolute Gasteiger partial charge is 0.496 e. The Bertz CT molecular complexity index is 475.